The van der Waals surface area contributed by atoms with Crippen LogP contribution in [0.2, 0.25) is 0 Å². The van der Waals surface area contributed by atoms with Crippen molar-refractivity contribution >= 4 is 0 Å². The fourth-order valence-corrected chi connectivity index (χ4v) is 2.05. The van der Waals surface area contributed by atoms with Crippen LogP contribution in [0, 0.1) is 25.5 Å². The van der Waals surface area contributed by atoms with Gasteiger partial charge in [-0.05, 0) is 42.7 Å². The minimum atomic E-state index is -0.770. The third kappa shape index (κ3) is 2.47. The van der Waals surface area contributed by atoms with Gasteiger partial charge in [0.15, 0.2) is 0 Å². The molecule has 5 heteroatoms. The fraction of sp³-hybridized carbons (Fsp3) is 0.214. The number of pyridine rings is 1. The van der Waals surface area contributed by atoms with E-state index in [-0.39, 0.29) is 5.56 Å². The van der Waals surface area contributed by atoms with Crippen molar-refractivity contribution in [2.45, 2.75) is 19.9 Å². The van der Waals surface area contributed by atoms with Crippen molar-refractivity contribution in [2.24, 2.45) is 5.84 Å². The standard InChI is InChI=1S/C14H15F2N3/c1-8-5-6-18-7-10(8)14(19-17)12-11(15)4-3-9(2)13(12)16/h3-7,14,19H,17H2,1-2H3. The minimum Gasteiger partial charge on any atom is -0.271 e. The van der Waals surface area contributed by atoms with Crippen molar-refractivity contribution in [3.63, 3.8) is 0 Å². The molecule has 3 N–H and O–H groups in total. The van der Waals surface area contributed by atoms with E-state index in [9.17, 15) is 8.78 Å². The second-order valence-corrected chi connectivity index (χ2v) is 4.42. The van der Waals surface area contributed by atoms with Crippen LogP contribution in [0.25, 0.3) is 0 Å². The number of rotatable bonds is 3. The molecule has 0 saturated carbocycles. The molecule has 1 heterocycles. The lowest BCUT2D eigenvalue weighted by atomic mass is 9.95. The second-order valence-electron chi connectivity index (χ2n) is 4.42. The lowest BCUT2D eigenvalue weighted by Gasteiger charge is -2.20. The van der Waals surface area contributed by atoms with E-state index in [0.717, 1.165) is 5.56 Å². The van der Waals surface area contributed by atoms with E-state index in [2.05, 4.69) is 10.4 Å². The highest BCUT2D eigenvalue weighted by Crippen LogP contribution is 2.29. The van der Waals surface area contributed by atoms with E-state index in [1.54, 1.807) is 25.4 Å². The van der Waals surface area contributed by atoms with Gasteiger partial charge in [-0.2, -0.15) is 0 Å². The van der Waals surface area contributed by atoms with Crippen LogP contribution >= 0.6 is 0 Å². The number of halogens is 2. The lowest BCUT2D eigenvalue weighted by molar-refractivity contribution is 0.505. The summed E-state index contributed by atoms with van der Waals surface area (Å²) in [5.41, 5.74) is 4.26. The van der Waals surface area contributed by atoms with Crippen LogP contribution in [-0.4, -0.2) is 4.98 Å². The van der Waals surface area contributed by atoms with Crippen LogP contribution in [-0.2, 0) is 0 Å². The van der Waals surface area contributed by atoms with Gasteiger partial charge >= 0.3 is 0 Å². The maximum Gasteiger partial charge on any atom is 0.134 e. The molecular weight excluding hydrogens is 248 g/mol. The number of aryl methyl sites for hydroxylation is 2. The molecule has 0 aliphatic carbocycles. The smallest absolute Gasteiger partial charge is 0.134 e. The van der Waals surface area contributed by atoms with E-state index in [0.29, 0.717) is 11.1 Å². The molecule has 0 saturated heterocycles. The summed E-state index contributed by atoms with van der Waals surface area (Å²) in [6, 6.07) is 3.64. The molecule has 2 aromatic rings. The summed E-state index contributed by atoms with van der Waals surface area (Å²) in [7, 11) is 0. The first-order valence-electron chi connectivity index (χ1n) is 5.87. The van der Waals surface area contributed by atoms with Crippen molar-refractivity contribution < 1.29 is 8.78 Å². The lowest BCUT2D eigenvalue weighted by Crippen LogP contribution is -2.31. The van der Waals surface area contributed by atoms with E-state index >= 15 is 0 Å². The minimum absolute atomic E-state index is 0.0846. The molecule has 100 valence electrons. The first-order chi connectivity index (χ1) is 9.06. The maximum absolute atomic E-state index is 14.2. The Bertz CT molecular complexity index is 599. The monoisotopic (exact) mass is 263 g/mol. The molecule has 1 unspecified atom stereocenters. The van der Waals surface area contributed by atoms with E-state index < -0.39 is 17.7 Å². The van der Waals surface area contributed by atoms with Crippen LogP contribution < -0.4 is 11.3 Å². The third-order valence-electron chi connectivity index (χ3n) is 3.17. The van der Waals surface area contributed by atoms with Gasteiger partial charge in [-0.3, -0.25) is 10.8 Å². The topological polar surface area (TPSA) is 50.9 Å². The molecule has 0 amide bonds. The quantitative estimate of drug-likeness (QED) is 0.661. The molecule has 19 heavy (non-hydrogen) atoms. The normalized spacial score (nSPS) is 12.5. The Morgan fingerprint density at radius 1 is 1.16 bits per heavy atom. The molecule has 1 aromatic heterocycles. The van der Waals surface area contributed by atoms with Crippen LogP contribution in [0.4, 0.5) is 8.78 Å². The van der Waals surface area contributed by atoms with Crippen molar-refractivity contribution in [1.82, 2.24) is 10.4 Å². The summed E-state index contributed by atoms with van der Waals surface area (Å²) in [5.74, 6) is 4.26. The van der Waals surface area contributed by atoms with Crippen molar-refractivity contribution in [2.75, 3.05) is 0 Å². The number of nitrogens with zero attached hydrogens (tertiary/aromatic N) is 1. The molecule has 0 bridgehead atoms. The summed E-state index contributed by atoms with van der Waals surface area (Å²) in [6.07, 6.45) is 3.18. The highest BCUT2D eigenvalue weighted by atomic mass is 19.1. The maximum atomic E-state index is 14.2. The van der Waals surface area contributed by atoms with Gasteiger partial charge in [-0.15, -0.1) is 0 Å². The van der Waals surface area contributed by atoms with E-state index in [1.807, 2.05) is 6.92 Å². The average Bonchev–Trinajstić information content (AvgIpc) is 2.40. The second kappa shape index (κ2) is 5.42. The van der Waals surface area contributed by atoms with E-state index in [4.69, 9.17) is 5.84 Å². The predicted octanol–water partition coefficient (Wildman–Crippen LogP) is 2.53. The van der Waals surface area contributed by atoms with E-state index in [1.165, 1.54) is 12.1 Å². The summed E-state index contributed by atoms with van der Waals surface area (Å²) < 4.78 is 28.1. The third-order valence-corrected chi connectivity index (χ3v) is 3.17. The Morgan fingerprint density at radius 2 is 1.89 bits per heavy atom. The summed E-state index contributed by atoms with van der Waals surface area (Å²) in [6.45, 7) is 3.43. The van der Waals surface area contributed by atoms with Gasteiger partial charge in [0.25, 0.3) is 0 Å². The van der Waals surface area contributed by atoms with Gasteiger partial charge < -0.3 is 0 Å². The first-order valence-corrected chi connectivity index (χ1v) is 5.87. The van der Waals surface area contributed by atoms with Crippen molar-refractivity contribution in [3.05, 3.63) is 64.5 Å². The Labute approximate surface area is 110 Å². The molecule has 0 aliphatic heterocycles. The Morgan fingerprint density at radius 3 is 2.53 bits per heavy atom. The molecule has 2 rings (SSSR count). The van der Waals surface area contributed by atoms with Gasteiger partial charge in [0, 0.05) is 18.0 Å². The summed E-state index contributed by atoms with van der Waals surface area (Å²) >= 11 is 0. The van der Waals surface area contributed by atoms with Crippen LogP contribution in [0.5, 0.6) is 0 Å². The Hall–Kier alpha value is -1.85. The highest BCUT2D eigenvalue weighted by molar-refractivity contribution is 5.38. The zero-order chi connectivity index (χ0) is 14.0. The molecule has 0 spiro atoms. The van der Waals surface area contributed by atoms with Gasteiger partial charge in [0.1, 0.15) is 11.6 Å². The number of aromatic nitrogens is 1. The van der Waals surface area contributed by atoms with Gasteiger partial charge in [-0.25, -0.2) is 14.2 Å². The first kappa shape index (κ1) is 13.6. The molecule has 0 radical (unpaired) electrons. The van der Waals surface area contributed by atoms with Gasteiger partial charge in [-0.1, -0.05) is 6.07 Å². The molecule has 0 aliphatic rings. The van der Waals surface area contributed by atoms with Crippen molar-refractivity contribution in [1.29, 1.82) is 0 Å². The number of hydrogen-bond acceptors (Lipinski definition) is 3. The fourth-order valence-electron chi connectivity index (χ4n) is 2.05. The molecule has 3 nitrogen and oxygen atoms in total. The number of hydrazine groups is 1. The SMILES string of the molecule is Cc1ccncc1C(NN)c1c(F)ccc(C)c1F. The molecule has 0 fully saturated rings. The summed E-state index contributed by atoms with van der Waals surface area (Å²) in [4.78, 5) is 3.98. The van der Waals surface area contributed by atoms with Crippen LogP contribution in [0.15, 0.2) is 30.6 Å². The number of hydrogen-bond donors (Lipinski definition) is 2. The zero-order valence-corrected chi connectivity index (χ0v) is 10.7. The molecule has 1 aromatic carbocycles. The summed E-state index contributed by atoms with van der Waals surface area (Å²) in [5, 5.41) is 0. The van der Waals surface area contributed by atoms with Crippen molar-refractivity contribution in [3.8, 4) is 0 Å². The van der Waals surface area contributed by atoms with Gasteiger partial charge in [0.2, 0.25) is 0 Å². The number of nitrogens with one attached hydrogen (secondary N) is 1. The predicted molar refractivity (Wildman–Crippen MR) is 69.2 cm³/mol. The average molecular weight is 263 g/mol. The van der Waals surface area contributed by atoms with Gasteiger partial charge in [0.05, 0.1) is 6.04 Å². The highest BCUT2D eigenvalue weighted by Gasteiger charge is 2.23. The number of benzene rings is 1. The van der Waals surface area contributed by atoms with Crippen LogP contribution in [0.3, 0.4) is 0 Å². The molecule has 1 atom stereocenters. The molecular formula is C14H15F2N3. The largest absolute Gasteiger partial charge is 0.271 e. The number of nitrogens with two attached hydrogens (primary N) is 1. The Kier molecular flexibility index (Phi) is 3.87. The van der Waals surface area contributed by atoms with Crippen LogP contribution in [0.1, 0.15) is 28.3 Å². The zero-order valence-electron chi connectivity index (χ0n) is 10.7. The Balaban J connectivity index is 2.61.